The van der Waals surface area contributed by atoms with E-state index >= 15 is 0 Å². The van der Waals surface area contributed by atoms with Crippen LogP contribution in [0.15, 0.2) is 54.6 Å². The van der Waals surface area contributed by atoms with Crippen molar-refractivity contribution in [2.75, 3.05) is 0 Å². The van der Waals surface area contributed by atoms with Gasteiger partial charge in [0.15, 0.2) is 0 Å². The molecule has 2 aromatic rings. The molecule has 0 aliphatic rings. The monoisotopic (exact) mass is 382 g/mol. The zero-order valence-electron chi connectivity index (χ0n) is 17.8. The van der Waals surface area contributed by atoms with Gasteiger partial charge in [-0.25, -0.2) is 0 Å². The molecule has 0 spiro atoms. The zero-order chi connectivity index (χ0) is 20.7. The van der Waals surface area contributed by atoms with Gasteiger partial charge in [0.1, 0.15) is 11.4 Å². The van der Waals surface area contributed by atoms with E-state index in [1.54, 1.807) is 12.1 Å². The molecule has 0 bridgehead atoms. The first-order valence-electron chi connectivity index (χ1n) is 10.3. The van der Waals surface area contributed by atoms with E-state index in [4.69, 9.17) is 4.74 Å². The number of aromatic hydroxyl groups is 1. The van der Waals surface area contributed by atoms with Crippen LogP contribution in [0.1, 0.15) is 76.8 Å². The molecule has 0 heterocycles. The van der Waals surface area contributed by atoms with E-state index in [0.29, 0.717) is 5.92 Å². The normalized spacial score (nSPS) is 14.9. The molecule has 2 rings (SSSR count). The highest BCUT2D eigenvalue weighted by atomic mass is 16.6. The second-order valence-electron chi connectivity index (χ2n) is 8.71. The van der Waals surface area contributed by atoms with Gasteiger partial charge in [0.25, 0.3) is 0 Å². The number of carbonyl (C=O) groups excluding carboxylic acids is 1. The summed E-state index contributed by atoms with van der Waals surface area (Å²) in [4.78, 5) is 12.5. The van der Waals surface area contributed by atoms with Crippen LogP contribution >= 0.6 is 0 Å². The maximum atomic E-state index is 12.5. The molecule has 2 aromatic carbocycles. The lowest BCUT2D eigenvalue weighted by Crippen LogP contribution is -2.28. The highest BCUT2D eigenvalue weighted by Crippen LogP contribution is 2.37. The minimum Gasteiger partial charge on any atom is -0.508 e. The quantitative estimate of drug-likeness (QED) is 0.535. The molecule has 0 fully saturated rings. The highest BCUT2D eigenvalue weighted by molar-refractivity contribution is 5.72. The van der Waals surface area contributed by atoms with Crippen LogP contribution < -0.4 is 0 Å². The number of hydrogen-bond donors (Lipinski definition) is 1. The van der Waals surface area contributed by atoms with E-state index < -0.39 is 5.60 Å². The molecule has 0 aliphatic heterocycles. The Morgan fingerprint density at radius 2 is 1.50 bits per heavy atom. The number of esters is 1. The first-order valence-corrected chi connectivity index (χ1v) is 10.3. The Bertz CT molecular complexity index is 729. The summed E-state index contributed by atoms with van der Waals surface area (Å²) in [6, 6.07) is 18.0. The maximum Gasteiger partial charge on any atom is 0.309 e. The van der Waals surface area contributed by atoms with Gasteiger partial charge in [0, 0.05) is 0 Å². The van der Waals surface area contributed by atoms with Crippen LogP contribution in [-0.2, 0) is 9.53 Å². The van der Waals surface area contributed by atoms with Crippen molar-refractivity contribution in [1.82, 2.24) is 0 Å². The first kappa shape index (κ1) is 22.0. The smallest absolute Gasteiger partial charge is 0.309 e. The molecule has 152 valence electrons. The summed E-state index contributed by atoms with van der Waals surface area (Å²) in [6.07, 6.45) is 2.72. The number of rotatable bonds is 8. The van der Waals surface area contributed by atoms with Crippen LogP contribution in [-0.4, -0.2) is 16.7 Å². The fourth-order valence-corrected chi connectivity index (χ4v) is 3.65. The summed E-state index contributed by atoms with van der Waals surface area (Å²) in [5.41, 5.74) is 2.01. The Kier molecular flexibility index (Phi) is 7.68. The van der Waals surface area contributed by atoms with E-state index in [2.05, 4.69) is 31.2 Å². The maximum absolute atomic E-state index is 12.5. The molecule has 0 radical (unpaired) electrons. The molecule has 0 aliphatic carbocycles. The molecule has 0 saturated carbocycles. The summed E-state index contributed by atoms with van der Waals surface area (Å²) in [5.74, 6) is 0.562. The van der Waals surface area contributed by atoms with Crippen molar-refractivity contribution in [1.29, 1.82) is 0 Å². The van der Waals surface area contributed by atoms with Crippen molar-refractivity contribution in [3.05, 3.63) is 65.7 Å². The molecule has 0 amide bonds. The Balaban J connectivity index is 2.22. The van der Waals surface area contributed by atoms with Crippen LogP contribution in [0.2, 0.25) is 0 Å². The number of benzene rings is 2. The van der Waals surface area contributed by atoms with E-state index in [-0.39, 0.29) is 23.6 Å². The molecule has 0 aromatic heterocycles. The first-order chi connectivity index (χ1) is 13.2. The predicted molar refractivity (Wildman–Crippen MR) is 115 cm³/mol. The van der Waals surface area contributed by atoms with Crippen LogP contribution in [0.5, 0.6) is 5.75 Å². The van der Waals surface area contributed by atoms with E-state index in [1.165, 1.54) is 5.56 Å². The molecule has 3 unspecified atom stereocenters. The molecule has 3 atom stereocenters. The largest absolute Gasteiger partial charge is 0.508 e. The topological polar surface area (TPSA) is 46.5 Å². The third-order valence-corrected chi connectivity index (χ3v) is 5.14. The number of ether oxygens (including phenoxy) is 1. The van der Waals surface area contributed by atoms with Gasteiger partial charge < -0.3 is 9.84 Å². The Morgan fingerprint density at radius 3 is 2.04 bits per heavy atom. The van der Waals surface area contributed by atoms with Crippen molar-refractivity contribution >= 4 is 5.97 Å². The van der Waals surface area contributed by atoms with Crippen LogP contribution in [0.3, 0.4) is 0 Å². The number of phenols is 1. The van der Waals surface area contributed by atoms with Gasteiger partial charge in [0.05, 0.1) is 5.92 Å². The number of carbonyl (C=O) groups is 1. The molecule has 0 saturated heterocycles. The zero-order valence-corrected chi connectivity index (χ0v) is 17.8. The van der Waals surface area contributed by atoms with Crippen LogP contribution in [0, 0.1) is 5.92 Å². The molecule has 1 N–H and O–H groups in total. The lowest BCUT2D eigenvalue weighted by atomic mass is 9.79. The lowest BCUT2D eigenvalue weighted by Gasteiger charge is -2.27. The van der Waals surface area contributed by atoms with E-state index in [0.717, 1.165) is 24.8 Å². The molecule has 3 heteroatoms. The standard InChI is InChI=1S/C25H34O3/c1-6-19(20-10-8-7-9-11-20)17-22(21-12-14-23(26)15-13-21)16-18(2)24(27)28-25(3,4)5/h7-15,18-19,22,26H,6,16-17H2,1-5H3. The van der Waals surface area contributed by atoms with Gasteiger partial charge in [-0.3, -0.25) is 4.79 Å². The van der Waals surface area contributed by atoms with Crippen molar-refractivity contribution in [3.63, 3.8) is 0 Å². The predicted octanol–water partition coefficient (Wildman–Crippen LogP) is 6.43. The van der Waals surface area contributed by atoms with Gasteiger partial charge >= 0.3 is 5.97 Å². The molecular weight excluding hydrogens is 348 g/mol. The Labute approximate surface area is 169 Å². The fraction of sp³-hybridized carbons (Fsp3) is 0.480. The Hall–Kier alpha value is -2.29. The lowest BCUT2D eigenvalue weighted by molar-refractivity contribution is -0.159. The summed E-state index contributed by atoms with van der Waals surface area (Å²) in [6.45, 7) is 9.86. The minimum absolute atomic E-state index is 0.149. The van der Waals surface area contributed by atoms with Crippen LogP contribution in [0.25, 0.3) is 0 Å². The second kappa shape index (κ2) is 9.77. The van der Waals surface area contributed by atoms with Crippen molar-refractivity contribution < 1.29 is 14.6 Å². The number of hydrogen-bond acceptors (Lipinski definition) is 3. The van der Waals surface area contributed by atoms with Gasteiger partial charge in [-0.15, -0.1) is 0 Å². The third-order valence-electron chi connectivity index (χ3n) is 5.14. The third kappa shape index (κ3) is 6.70. The minimum atomic E-state index is -0.477. The van der Waals surface area contributed by atoms with Crippen molar-refractivity contribution in [2.45, 2.75) is 71.3 Å². The highest BCUT2D eigenvalue weighted by Gasteiger charge is 2.27. The van der Waals surface area contributed by atoms with Gasteiger partial charge in [-0.2, -0.15) is 0 Å². The van der Waals surface area contributed by atoms with Gasteiger partial charge in [-0.05, 0) is 75.1 Å². The Morgan fingerprint density at radius 1 is 0.929 bits per heavy atom. The van der Waals surface area contributed by atoms with Crippen LogP contribution in [0.4, 0.5) is 0 Å². The average molecular weight is 383 g/mol. The van der Waals surface area contributed by atoms with Gasteiger partial charge in [0.2, 0.25) is 0 Å². The second-order valence-corrected chi connectivity index (χ2v) is 8.71. The summed E-state index contributed by atoms with van der Waals surface area (Å²) in [5, 5.41) is 9.67. The van der Waals surface area contributed by atoms with Gasteiger partial charge in [-0.1, -0.05) is 56.3 Å². The van der Waals surface area contributed by atoms with E-state index in [9.17, 15) is 9.90 Å². The van der Waals surface area contributed by atoms with Crippen molar-refractivity contribution in [2.24, 2.45) is 5.92 Å². The average Bonchev–Trinajstić information content (AvgIpc) is 2.65. The molecular formula is C25H34O3. The number of phenolic OH excluding ortho intramolecular Hbond substituents is 1. The van der Waals surface area contributed by atoms with Crippen molar-refractivity contribution in [3.8, 4) is 5.75 Å². The summed E-state index contributed by atoms with van der Waals surface area (Å²) < 4.78 is 5.59. The fourth-order valence-electron chi connectivity index (χ4n) is 3.65. The van der Waals surface area contributed by atoms with E-state index in [1.807, 2.05) is 45.9 Å². The molecule has 3 nitrogen and oxygen atoms in total. The summed E-state index contributed by atoms with van der Waals surface area (Å²) in [7, 11) is 0. The molecule has 28 heavy (non-hydrogen) atoms. The SMILES string of the molecule is CCC(CC(CC(C)C(=O)OC(C)(C)C)c1ccc(O)cc1)c1ccccc1. The summed E-state index contributed by atoms with van der Waals surface area (Å²) >= 11 is 0.